The van der Waals surface area contributed by atoms with Gasteiger partial charge in [-0.1, -0.05) is 194 Å². The van der Waals surface area contributed by atoms with Crippen LogP contribution in [0.3, 0.4) is 0 Å². The van der Waals surface area contributed by atoms with E-state index in [-0.39, 0.29) is 0 Å². The zero-order valence-electron chi connectivity index (χ0n) is 33.9. The number of hydrogen-bond acceptors (Lipinski definition) is 4. The van der Waals surface area contributed by atoms with E-state index >= 15 is 0 Å². The molecule has 292 valence electrons. The predicted octanol–water partition coefficient (Wildman–Crippen LogP) is 14.4. The summed E-state index contributed by atoms with van der Waals surface area (Å²) in [7, 11) is 0. The number of ether oxygens (including phenoxy) is 1. The Balaban J connectivity index is 0.961. The van der Waals surface area contributed by atoms with Crippen LogP contribution in [-0.2, 0) is 5.41 Å². The van der Waals surface area contributed by atoms with Crippen molar-refractivity contribution in [3.8, 4) is 79.0 Å². The fourth-order valence-electron chi connectivity index (χ4n) is 9.84. The molecule has 0 radical (unpaired) electrons. The summed E-state index contributed by atoms with van der Waals surface area (Å²) >= 11 is 0. The van der Waals surface area contributed by atoms with Gasteiger partial charge in [0.15, 0.2) is 17.5 Å². The summed E-state index contributed by atoms with van der Waals surface area (Å²) in [5.41, 5.74) is 16.9. The van der Waals surface area contributed by atoms with Gasteiger partial charge in [-0.2, -0.15) is 0 Å². The Morgan fingerprint density at radius 1 is 0.371 bits per heavy atom. The number of benzene rings is 8. The van der Waals surface area contributed by atoms with Gasteiger partial charge in [-0.05, 0) is 86.7 Å². The molecule has 0 bridgehead atoms. The van der Waals surface area contributed by atoms with Crippen molar-refractivity contribution in [2.45, 2.75) is 18.3 Å². The van der Waals surface area contributed by atoms with E-state index in [4.69, 9.17) is 19.7 Å². The lowest BCUT2D eigenvalue weighted by molar-refractivity contribution is 0.432. The molecule has 1 aliphatic heterocycles. The van der Waals surface area contributed by atoms with E-state index in [0.29, 0.717) is 17.5 Å². The van der Waals surface area contributed by atoms with Crippen molar-refractivity contribution in [3.05, 3.63) is 240 Å². The first-order valence-electron chi connectivity index (χ1n) is 21.3. The second kappa shape index (κ2) is 14.6. The summed E-state index contributed by atoms with van der Waals surface area (Å²) in [6, 6.07) is 70.6. The van der Waals surface area contributed by atoms with Crippen molar-refractivity contribution in [2.75, 3.05) is 0 Å². The Bertz CT molecular complexity index is 3140. The molecule has 1 unspecified atom stereocenters. The fraction of sp³-hybridized carbons (Fsp3) is 0.0517. The molecule has 0 fully saturated rings. The van der Waals surface area contributed by atoms with Gasteiger partial charge >= 0.3 is 0 Å². The first-order valence-corrected chi connectivity index (χ1v) is 21.3. The SMILES string of the molecule is C1=CC2=C(CC1)C1(c3ccccc3Oc3cc(-c4cccc(-c5nc(-c6ccc(-c7ccccc7)cc6)nc(-c6ccc(-c7ccccc7)cc6)n5)c4)ccc31)c1ccccc12. The van der Waals surface area contributed by atoms with Crippen molar-refractivity contribution >= 4 is 5.57 Å². The molecule has 1 spiro atoms. The molecule has 2 heterocycles. The Morgan fingerprint density at radius 3 is 1.53 bits per heavy atom. The summed E-state index contributed by atoms with van der Waals surface area (Å²) in [4.78, 5) is 15.4. The molecule has 2 aliphatic carbocycles. The minimum atomic E-state index is -0.419. The van der Waals surface area contributed by atoms with E-state index in [1.807, 2.05) is 12.1 Å². The van der Waals surface area contributed by atoms with Crippen LogP contribution in [0.4, 0.5) is 0 Å². The number of fused-ring (bicyclic) bond motifs is 8. The highest BCUT2D eigenvalue weighted by Gasteiger charge is 2.51. The van der Waals surface area contributed by atoms with Crippen LogP contribution in [-0.4, -0.2) is 15.0 Å². The molecular formula is C58H39N3O. The van der Waals surface area contributed by atoms with Gasteiger partial charge in [-0.15, -0.1) is 0 Å². The molecule has 0 saturated heterocycles. The van der Waals surface area contributed by atoms with E-state index in [9.17, 15) is 0 Å². The minimum Gasteiger partial charge on any atom is -0.457 e. The van der Waals surface area contributed by atoms with E-state index in [0.717, 1.165) is 63.3 Å². The van der Waals surface area contributed by atoms with Crippen LogP contribution in [0.25, 0.3) is 73.1 Å². The number of rotatable bonds is 6. The van der Waals surface area contributed by atoms with Gasteiger partial charge in [-0.25, -0.2) is 15.0 Å². The van der Waals surface area contributed by atoms with Crippen LogP contribution in [0.5, 0.6) is 11.5 Å². The maximum absolute atomic E-state index is 6.86. The zero-order valence-corrected chi connectivity index (χ0v) is 33.9. The smallest absolute Gasteiger partial charge is 0.164 e. The number of aromatic nitrogens is 3. The van der Waals surface area contributed by atoms with Gasteiger partial charge in [0, 0.05) is 27.8 Å². The molecule has 0 amide bonds. The average Bonchev–Trinajstić information content (AvgIpc) is 3.65. The Labute approximate surface area is 361 Å². The van der Waals surface area contributed by atoms with Crippen LogP contribution >= 0.6 is 0 Å². The van der Waals surface area contributed by atoms with Gasteiger partial charge in [0.1, 0.15) is 11.5 Å². The lowest BCUT2D eigenvalue weighted by Crippen LogP contribution is -2.33. The second-order valence-electron chi connectivity index (χ2n) is 16.2. The van der Waals surface area contributed by atoms with Crippen molar-refractivity contribution in [3.63, 3.8) is 0 Å². The highest BCUT2D eigenvalue weighted by molar-refractivity contribution is 5.92. The van der Waals surface area contributed by atoms with Crippen LogP contribution in [0.15, 0.2) is 218 Å². The summed E-state index contributed by atoms with van der Waals surface area (Å²) in [6.45, 7) is 0. The summed E-state index contributed by atoms with van der Waals surface area (Å²) in [5, 5.41) is 0. The lowest BCUT2D eigenvalue weighted by Gasteiger charge is -2.41. The highest BCUT2D eigenvalue weighted by Crippen LogP contribution is 2.63. The van der Waals surface area contributed by atoms with Crippen molar-refractivity contribution in [2.24, 2.45) is 0 Å². The second-order valence-corrected chi connectivity index (χ2v) is 16.2. The third-order valence-corrected chi connectivity index (χ3v) is 12.7. The molecule has 62 heavy (non-hydrogen) atoms. The lowest BCUT2D eigenvalue weighted by atomic mass is 9.64. The van der Waals surface area contributed by atoms with E-state index in [1.165, 1.54) is 44.5 Å². The van der Waals surface area contributed by atoms with Crippen LogP contribution in [0.2, 0.25) is 0 Å². The quantitative estimate of drug-likeness (QED) is 0.168. The van der Waals surface area contributed by atoms with E-state index < -0.39 is 5.41 Å². The molecule has 1 atom stereocenters. The molecule has 0 N–H and O–H groups in total. The minimum absolute atomic E-state index is 0.419. The molecular weight excluding hydrogens is 755 g/mol. The van der Waals surface area contributed by atoms with Crippen LogP contribution in [0.1, 0.15) is 35.1 Å². The Kier molecular flexibility index (Phi) is 8.49. The monoisotopic (exact) mass is 793 g/mol. The molecule has 9 aromatic rings. The number of nitrogens with zero attached hydrogens (tertiary/aromatic N) is 3. The molecule has 1 aromatic heterocycles. The molecule has 4 heteroatoms. The largest absolute Gasteiger partial charge is 0.457 e. The number of para-hydroxylation sites is 1. The topological polar surface area (TPSA) is 47.9 Å². The van der Waals surface area contributed by atoms with Crippen molar-refractivity contribution in [1.29, 1.82) is 0 Å². The van der Waals surface area contributed by atoms with Crippen LogP contribution in [0, 0.1) is 0 Å². The zero-order chi connectivity index (χ0) is 41.0. The third-order valence-electron chi connectivity index (χ3n) is 12.7. The number of allylic oxidation sites excluding steroid dienone is 4. The average molecular weight is 794 g/mol. The third kappa shape index (κ3) is 5.87. The molecule has 0 saturated carbocycles. The van der Waals surface area contributed by atoms with E-state index in [2.05, 4.69) is 200 Å². The fourth-order valence-corrected chi connectivity index (χ4v) is 9.84. The maximum Gasteiger partial charge on any atom is 0.164 e. The summed E-state index contributed by atoms with van der Waals surface area (Å²) in [5.74, 6) is 3.64. The van der Waals surface area contributed by atoms with Gasteiger partial charge in [-0.3, -0.25) is 0 Å². The van der Waals surface area contributed by atoms with Gasteiger partial charge in [0.25, 0.3) is 0 Å². The number of hydrogen-bond donors (Lipinski definition) is 0. The van der Waals surface area contributed by atoms with Crippen molar-refractivity contribution in [1.82, 2.24) is 15.0 Å². The summed E-state index contributed by atoms with van der Waals surface area (Å²) < 4.78 is 6.86. The first-order chi connectivity index (χ1) is 30.7. The molecule has 8 aromatic carbocycles. The Morgan fingerprint density at radius 2 is 0.855 bits per heavy atom. The maximum atomic E-state index is 6.86. The van der Waals surface area contributed by atoms with Gasteiger partial charge in [0.05, 0.1) is 5.41 Å². The van der Waals surface area contributed by atoms with Gasteiger partial charge < -0.3 is 4.74 Å². The van der Waals surface area contributed by atoms with E-state index in [1.54, 1.807) is 0 Å². The molecule has 3 aliphatic rings. The highest BCUT2D eigenvalue weighted by atomic mass is 16.5. The predicted molar refractivity (Wildman–Crippen MR) is 251 cm³/mol. The van der Waals surface area contributed by atoms with Crippen molar-refractivity contribution < 1.29 is 4.74 Å². The standard InChI is InChI=1S/C58H39N3O/c1-3-14-38(15-4-1)40-26-30-42(31-27-40)55-59-56(43-32-28-41(29-33-43)39-16-5-2-6-17-39)61-57(60-55)46-19-13-18-44(36-46)45-34-35-52-54(37-45)62-53-25-12-11-24-51(53)58(52)49-22-9-7-20-47(49)48-21-8-10-23-50(48)58/h1-9,11-22,24-37H,10,23H2. The van der Waals surface area contributed by atoms with Crippen LogP contribution < -0.4 is 4.74 Å². The first kappa shape index (κ1) is 35.9. The normalized spacial score (nSPS) is 15.7. The Hall–Kier alpha value is -7.95. The molecule has 12 rings (SSSR count). The molecule has 4 nitrogen and oxygen atoms in total. The summed E-state index contributed by atoms with van der Waals surface area (Å²) in [6.07, 6.45) is 6.68. The van der Waals surface area contributed by atoms with Gasteiger partial charge in [0.2, 0.25) is 0 Å².